The van der Waals surface area contributed by atoms with Gasteiger partial charge in [-0.2, -0.15) is 0 Å². The van der Waals surface area contributed by atoms with Gasteiger partial charge in [0.25, 0.3) is 0 Å². The lowest BCUT2D eigenvalue weighted by Gasteiger charge is -2.10. The van der Waals surface area contributed by atoms with E-state index in [4.69, 9.17) is 4.74 Å². The number of carbonyl (C=O) groups excluding carboxylic acids is 1. The molecule has 0 aliphatic carbocycles. The molecule has 0 saturated heterocycles. The first-order valence-electron chi connectivity index (χ1n) is 6.23. The zero-order valence-electron chi connectivity index (χ0n) is 10.9. The molecule has 0 radical (unpaired) electrons. The van der Waals surface area contributed by atoms with E-state index >= 15 is 0 Å². The highest BCUT2D eigenvalue weighted by Crippen LogP contribution is 2.36. The number of hydrogen-bond donors (Lipinski definition) is 2. The smallest absolute Gasteiger partial charge is 0.342 e. The van der Waals surface area contributed by atoms with Crippen molar-refractivity contribution in [1.29, 1.82) is 0 Å². The Kier molecular flexibility index (Phi) is 3.60. The third kappa shape index (κ3) is 2.34. The van der Waals surface area contributed by atoms with E-state index in [0.717, 1.165) is 12.0 Å². The Morgan fingerprint density at radius 3 is 2.53 bits per heavy atom. The molecule has 0 heterocycles. The van der Waals surface area contributed by atoms with Crippen LogP contribution in [0.5, 0.6) is 11.5 Å². The fourth-order valence-electron chi connectivity index (χ4n) is 2.02. The first kappa shape index (κ1) is 13.2. The largest absolute Gasteiger partial charge is 0.507 e. The maximum absolute atomic E-state index is 11.7. The number of carbonyl (C=O) groups is 1. The molecule has 0 fully saturated rings. The Balaban J connectivity index is 2.65. The van der Waals surface area contributed by atoms with E-state index in [9.17, 15) is 15.0 Å². The van der Waals surface area contributed by atoms with E-state index in [1.165, 1.54) is 6.07 Å². The molecule has 0 unspecified atom stereocenters. The molecule has 0 aliphatic rings. The van der Waals surface area contributed by atoms with Crippen molar-refractivity contribution in [1.82, 2.24) is 0 Å². The van der Waals surface area contributed by atoms with Crippen LogP contribution in [0.1, 0.15) is 29.8 Å². The summed E-state index contributed by atoms with van der Waals surface area (Å²) in [6, 6.07) is 6.61. The summed E-state index contributed by atoms with van der Waals surface area (Å²) in [6.45, 7) is 3.90. The van der Waals surface area contributed by atoms with E-state index < -0.39 is 5.97 Å². The normalized spacial score (nSPS) is 10.6. The van der Waals surface area contributed by atoms with E-state index in [2.05, 4.69) is 0 Å². The van der Waals surface area contributed by atoms with Crippen LogP contribution < -0.4 is 0 Å². The predicted molar refractivity (Wildman–Crippen MR) is 72.6 cm³/mol. The van der Waals surface area contributed by atoms with Gasteiger partial charge >= 0.3 is 5.97 Å². The van der Waals surface area contributed by atoms with Crippen LogP contribution in [0.2, 0.25) is 0 Å². The maximum Gasteiger partial charge on any atom is 0.342 e. The van der Waals surface area contributed by atoms with Crippen molar-refractivity contribution in [3.05, 3.63) is 35.4 Å². The average molecular weight is 260 g/mol. The molecule has 0 amide bonds. The Morgan fingerprint density at radius 1 is 1.16 bits per heavy atom. The number of rotatable bonds is 3. The number of esters is 1. The van der Waals surface area contributed by atoms with Crippen molar-refractivity contribution in [3.8, 4) is 11.5 Å². The lowest BCUT2D eigenvalue weighted by Crippen LogP contribution is -2.05. The topological polar surface area (TPSA) is 66.8 Å². The molecule has 0 aliphatic heterocycles. The second kappa shape index (κ2) is 5.18. The monoisotopic (exact) mass is 260 g/mol. The number of fused-ring (bicyclic) bond motifs is 1. The van der Waals surface area contributed by atoms with Gasteiger partial charge in [0.2, 0.25) is 0 Å². The van der Waals surface area contributed by atoms with E-state index in [1.54, 1.807) is 19.1 Å². The van der Waals surface area contributed by atoms with Crippen LogP contribution in [-0.4, -0.2) is 22.8 Å². The maximum atomic E-state index is 11.7. The summed E-state index contributed by atoms with van der Waals surface area (Å²) in [5.41, 5.74) is 1.03. The Hall–Kier alpha value is -2.23. The molecule has 0 aromatic heterocycles. The van der Waals surface area contributed by atoms with Crippen LogP contribution in [0.3, 0.4) is 0 Å². The van der Waals surface area contributed by atoms with Crippen molar-refractivity contribution in [3.63, 3.8) is 0 Å². The van der Waals surface area contributed by atoms with Crippen LogP contribution >= 0.6 is 0 Å². The summed E-state index contributed by atoms with van der Waals surface area (Å²) in [4.78, 5) is 11.7. The molecule has 2 aromatic rings. The minimum Gasteiger partial charge on any atom is -0.507 e. The zero-order chi connectivity index (χ0) is 14.0. The molecule has 0 spiro atoms. The highest BCUT2D eigenvalue weighted by Gasteiger charge is 2.18. The van der Waals surface area contributed by atoms with Crippen molar-refractivity contribution in [2.45, 2.75) is 20.3 Å². The van der Waals surface area contributed by atoms with Gasteiger partial charge in [-0.05, 0) is 31.0 Å². The molecule has 2 rings (SSSR count). The number of benzene rings is 2. The van der Waals surface area contributed by atoms with Gasteiger partial charge in [0, 0.05) is 10.8 Å². The summed E-state index contributed by atoms with van der Waals surface area (Å²) in [5.74, 6) is -0.836. The fraction of sp³-hybridized carbons (Fsp3) is 0.267. The van der Waals surface area contributed by atoms with Gasteiger partial charge in [-0.3, -0.25) is 0 Å². The minimum atomic E-state index is -0.642. The number of hydrogen-bond acceptors (Lipinski definition) is 4. The van der Waals surface area contributed by atoms with Crippen molar-refractivity contribution in [2.75, 3.05) is 6.61 Å². The highest BCUT2D eigenvalue weighted by atomic mass is 16.5. The van der Waals surface area contributed by atoms with Crippen LogP contribution in [-0.2, 0) is 11.2 Å². The highest BCUT2D eigenvalue weighted by molar-refractivity contribution is 6.03. The predicted octanol–water partition coefficient (Wildman–Crippen LogP) is 2.99. The molecular weight excluding hydrogens is 244 g/mol. The van der Waals surface area contributed by atoms with E-state index in [1.807, 2.05) is 13.0 Å². The second-order valence-corrected chi connectivity index (χ2v) is 4.25. The Labute approximate surface area is 111 Å². The van der Waals surface area contributed by atoms with Crippen molar-refractivity contribution < 1.29 is 19.7 Å². The van der Waals surface area contributed by atoms with Crippen LogP contribution in [0.25, 0.3) is 10.8 Å². The summed E-state index contributed by atoms with van der Waals surface area (Å²) < 4.78 is 4.85. The molecule has 4 nitrogen and oxygen atoms in total. The number of ether oxygens (including phenoxy) is 1. The van der Waals surface area contributed by atoms with E-state index in [-0.39, 0.29) is 23.7 Å². The molecule has 19 heavy (non-hydrogen) atoms. The molecule has 2 N–H and O–H groups in total. The van der Waals surface area contributed by atoms with Crippen LogP contribution in [0.4, 0.5) is 0 Å². The molecule has 0 bridgehead atoms. The van der Waals surface area contributed by atoms with Gasteiger partial charge in [-0.1, -0.05) is 19.1 Å². The molecule has 0 atom stereocenters. The van der Waals surface area contributed by atoms with Gasteiger partial charge in [-0.15, -0.1) is 0 Å². The molecule has 0 saturated carbocycles. The summed E-state index contributed by atoms with van der Waals surface area (Å²) in [6.07, 6.45) is 0.829. The number of phenolic OH excluding ortho intramolecular Hbond substituents is 2. The van der Waals surface area contributed by atoms with Gasteiger partial charge < -0.3 is 14.9 Å². The minimum absolute atomic E-state index is 0.0175. The lowest BCUT2D eigenvalue weighted by atomic mass is 10.0. The van der Waals surface area contributed by atoms with Gasteiger partial charge in [0.05, 0.1) is 6.61 Å². The molecule has 100 valence electrons. The van der Waals surface area contributed by atoms with Crippen molar-refractivity contribution >= 4 is 16.7 Å². The lowest BCUT2D eigenvalue weighted by molar-refractivity contribution is 0.0523. The second-order valence-electron chi connectivity index (χ2n) is 4.25. The zero-order valence-corrected chi connectivity index (χ0v) is 10.9. The number of aryl methyl sites for hydroxylation is 1. The first-order valence-corrected chi connectivity index (χ1v) is 6.23. The van der Waals surface area contributed by atoms with Gasteiger partial charge in [-0.25, -0.2) is 4.79 Å². The number of phenols is 2. The molecular formula is C15H16O4. The molecule has 2 aromatic carbocycles. The standard InChI is InChI=1S/C15H16O4/c1-3-9-5-6-10-11(7-9)13(16)8-12(14(10)17)15(18)19-4-2/h5-8,16-17H,3-4H2,1-2H3. The first-order chi connectivity index (χ1) is 9.08. The third-order valence-corrected chi connectivity index (χ3v) is 3.05. The van der Waals surface area contributed by atoms with Crippen LogP contribution in [0, 0.1) is 0 Å². The fourth-order valence-corrected chi connectivity index (χ4v) is 2.02. The average Bonchev–Trinajstić information content (AvgIpc) is 2.42. The van der Waals surface area contributed by atoms with E-state index in [0.29, 0.717) is 10.8 Å². The SMILES string of the molecule is CCOC(=O)c1cc(O)c2cc(CC)ccc2c1O. The summed E-state index contributed by atoms with van der Waals surface area (Å²) >= 11 is 0. The summed E-state index contributed by atoms with van der Waals surface area (Å²) in [7, 11) is 0. The number of aromatic hydroxyl groups is 2. The third-order valence-electron chi connectivity index (χ3n) is 3.05. The van der Waals surface area contributed by atoms with Gasteiger partial charge in [0.15, 0.2) is 0 Å². The van der Waals surface area contributed by atoms with Gasteiger partial charge in [0.1, 0.15) is 17.1 Å². The van der Waals surface area contributed by atoms with Crippen molar-refractivity contribution in [2.24, 2.45) is 0 Å². The van der Waals surface area contributed by atoms with Crippen LogP contribution in [0.15, 0.2) is 24.3 Å². The Morgan fingerprint density at radius 2 is 1.89 bits per heavy atom. The summed E-state index contributed by atoms with van der Waals surface area (Å²) in [5, 5.41) is 21.1. The quantitative estimate of drug-likeness (QED) is 0.657. The Bertz CT molecular complexity index is 632. The molecule has 4 heteroatoms.